The van der Waals surface area contributed by atoms with Crippen LogP contribution in [-0.4, -0.2) is 0 Å². The largest absolute Gasteiger partial charge is 1.00 e. The average molecular weight is 325 g/mol. The van der Waals surface area contributed by atoms with Gasteiger partial charge in [0.05, 0.1) is 0 Å². The predicted octanol–water partition coefficient (Wildman–Crippen LogP) is -1.88. The molecule has 1 aliphatic carbocycles. The summed E-state index contributed by atoms with van der Waals surface area (Å²) in [5.74, 6) is 0. The van der Waals surface area contributed by atoms with Gasteiger partial charge in [0.25, 0.3) is 0 Å². The quantitative estimate of drug-likeness (QED) is 0.519. The molecule has 0 heterocycles. The SMILES string of the molecule is CCCCCCC1=[C]([Zr+2])CC=C1C.[Cl-].[Cl-]. The van der Waals surface area contributed by atoms with Crippen LogP contribution in [0.1, 0.15) is 52.4 Å². The van der Waals surface area contributed by atoms with Crippen molar-refractivity contribution in [2.45, 2.75) is 52.4 Å². The van der Waals surface area contributed by atoms with Gasteiger partial charge in [-0.15, -0.1) is 0 Å². The molecule has 0 aromatic heterocycles. The molecular formula is C12H19Cl2Zr. The minimum Gasteiger partial charge on any atom is -1.00 e. The van der Waals surface area contributed by atoms with Crippen LogP contribution >= 0.6 is 0 Å². The van der Waals surface area contributed by atoms with E-state index in [2.05, 4.69) is 19.9 Å². The number of rotatable bonds is 5. The summed E-state index contributed by atoms with van der Waals surface area (Å²) in [6.45, 7) is 4.54. The molecule has 0 nitrogen and oxygen atoms in total. The minimum absolute atomic E-state index is 0. The third-order valence-electron chi connectivity index (χ3n) is 2.73. The van der Waals surface area contributed by atoms with Crippen LogP contribution in [0.2, 0.25) is 0 Å². The Morgan fingerprint density at radius 3 is 2.33 bits per heavy atom. The molecule has 0 spiro atoms. The van der Waals surface area contributed by atoms with Gasteiger partial charge >= 0.3 is 97.6 Å². The molecule has 0 radical (unpaired) electrons. The first-order valence-electron chi connectivity index (χ1n) is 5.36. The van der Waals surface area contributed by atoms with E-state index in [1.807, 2.05) is 0 Å². The summed E-state index contributed by atoms with van der Waals surface area (Å²) in [5, 5.41) is 0. The first-order valence-corrected chi connectivity index (χ1v) is 6.59. The maximum Gasteiger partial charge on any atom is -1.00 e. The summed E-state index contributed by atoms with van der Waals surface area (Å²) < 4.78 is 1.70. The van der Waals surface area contributed by atoms with Crippen molar-refractivity contribution in [1.82, 2.24) is 0 Å². The van der Waals surface area contributed by atoms with E-state index in [1.165, 1.54) is 38.5 Å². The summed E-state index contributed by atoms with van der Waals surface area (Å²) in [6.07, 6.45) is 10.5. The van der Waals surface area contributed by atoms with Gasteiger partial charge in [-0.25, -0.2) is 0 Å². The Morgan fingerprint density at radius 2 is 1.87 bits per heavy atom. The Balaban J connectivity index is 0. The molecule has 0 atom stereocenters. The average Bonchev–Trinajstić information content (AvgIpc) is 2.42. The topological polar surface area (TPSA) is 0 Å². The van der Waals surface area contributed by atoms with Gasteiger partial charge in [-0.1, -0.05) is 0 Å². The van der Waals surface area contributed by atoms with E-state index in [-0.39, 0.29) is 24.8 Å². The monoisotopic (exact) mass is 323 g/mol. The third-order valence-corrected chi connectivity index (χ3v) is 3.98. The van der Waals surface area contributed by atoms with E-state index in [0.29, 0.717) is 0 Å². The van der Waals surface area contributed by atoms with Gasteiger partial charge in [-0.3, -0.25) is 0 Å². The number of allylic oxidation sites excluding steroid dienone is 4. The van der Waals surface area contributed by atoms with E-state index in [1.54, 1.807) is 39.1 Å². The first kappa shape index (κ1) is 18.3. The van der Waals surface area contributed by atoms with E-state index in [0.717, 1.165) is 0 Å². The van der Waals surface area contributed by atoms with E-state index >= 15 is 0 Å². The van der Waals surface area contributed by atoms with Crippen molar-refractivity contribution in [2.24, 2.45) is 0 Å². The second-order valence-electron chi connectivity index (χ2n) is 3.86. The fourth-order valence-corrected chi connectivity index (χ4v) is 2.86. The Morgan fingerprint density at radius 1 is 1.20 bits per heavy atom. The number of hydrogen-bond acceptors (Lipinski definition) is 0. The molecule has 0 unspecified atom stereocenters. The van der Waals surface area contributed by atoms with Gasteiger partial charge < -0.3 is 24.8 Å². The molecule has 0 aliphatic heterocycles. The van der Waals surface area contributed by atoms with Crippen LogP contribution in [0.15, 0.2) is 20.5 Å². The molecule has 0 fully saturated rings. The van der Waals surface area contributed by atoms with Gasteiger partial charge in [0.15, 0.2) is 0 Å². The van der Waals surface area contributed by atoms with Gasteiger partial charge in [0.2, 0.25) is 0 Å². The molecule has 3 heteroatoms. The van der Waals surface area contributed by atoms with Crippen LogP contribution in [0.4, 0.5) is 0 Å². The molecular weight excluding hydrogens is 306 g/mol. The number of hydrogen-bond donors (Lipinski definition) is 0. The van der Waals surface area contributed by atoms with Crippen LogP contribution in [-0.2, 0) is 24.7 Å². The molecule has 0 saturated heterocycles. The maximum absolute atomic E-state index is 2.39. The van der Waals surface area contributed by atoms with E-state index in [9.17, 15) is 0 Å². The molecule has 0 aromatic carbocycles. The van der Waals surface area contributed by atoms with Gasteiger partial charge in [0, 0.05) is 0 Å². The summed E-state index contributed by atoms with van der Waals surface area (Å²) in [6, 6.07) is 0. The van der Waals surface area contributed by atoms with Crippen molar-refractivity contribution in [1.29, 1.82) is 0 Å². The summed E-state index contributed by atoms with van der Waals surface area (Å²) >= 11 is 1.63. The smallest absolute Gasteiger partial charge is 1.00 e. The van der Waals surface area contributed by atoms with Crippen LogP contribution in [0.3, 0.4) is 0 Å². The molecule has 15 heavy (non-hydrogen) atoms. The maximum atomic E-state index is 2.39. The van der Waals surface area contributed by atoms with E-state index < -0.39 is 0 Å². The van der Waals surface area contributed by atoms with Crippen molar-refractivity contribution in [3.63, 3.8) is 0 Å². The van der Waals surface area contributed by atoms with Crippen LogP contribution in [0, 0.1) is 0 Å². The molecule has 1 rings (SSSR count). The molecule has 0 saturated carbocycles. The third kappa shape index (κ3) is 6.29. The summed E-state index contributed by atoms with van der Waals surface area (Å²) in [7, 11) is 0. The van der Waals surface area contributed by atoms with Crippen LogP contribution in [0.25, 0.3) is 0 Å². The van der Waals surface area contributed by atoms with Crippen LogP contribution < -0.4 is 24.8 Å². The zero-order chi connectivity index (χ0) is 9.68. The van der Waals surface area contributed by atoms with Crippen molar-refractivity contribution >= 4 is 0 Å². The van der Waals surface area contributed by atoms with Crippen molar-refractivity contribution in [3.05, 3.63) is 20.5 Å². The fourth-order valence-electron chi connectivity index (χ4n) is 1.82. The minimum atomic E-state index is 0. The number of halogens is 2. The number of unbranched alkanes of at least 4 members (excludes halogenated alkanes) is 3. The molecule has 0 bridgehead atoms. The van der Waals surface area contributed by atoms with Gasteiger partial charge in [-0.2, -0.15) is 0 Å². The van der Waals surface area contributed by atoms with Crippen molar-refractivity contribution in [3.8, 4) is 0 Å². The zero-order valence-electron chi connectivity index (χ0n) is 9.58. The van der Waals surface area contributed by atoms with Crippen molar-refractivity contribution in [2.75, 3.05) is 0 Å². The molecule has 0 N–H and O–H groups in total. The normalized spacial score (nSPS) is 14.5. The van der Waals surface area contributed by atoms with Gasteiger partial charge in [0.1, 0.15) is 0 Å². The second kappa shape index (κ2) is 10.1. The summed E-state index contributed by atoms with van der Waals surface area (Å²) in [5.41, 5.74) is 3.25. The standard InChI is InChI=1S/C12H19.2ClH.Zr/c1-3-4-5-6-9-12-10-7-8-11(12)2;;;/h8H,3-7,9H2,1-2H3;2*1H;/q;;;+2/p-2. The Hall–Kier alpha value is 0.943. The Kier molecular flexibility index (Phi) is 12.4. The Bertz CT molecular complexity index is 232. The molecule has 1 aliphatic rings. The fraction of sp³-hybridized carbons (Fsp3) is 0.667. The zero-order valence-corrected chi connectivity index (χ0v) is 13.5. The molecule has 85 valence electrons. The van der Waals surface area contributed by atoms with Gasteiger partial charge in [-0.05, 0) is 0 Å². The predicted molar refractivity (Wildman–Crippen MR) is 54.2 cm³/mol. The van der Waals surface area contributed by atoms with Crippen molar-refractivity contribution < 1.29 is 49.5 Å². The second-order valence-corrected chi connectivity index (χ2v) is 5.34. The summed E-state index contributed by atoms with van der Waals surface area (Å²) in [4.78, 5) is 0. The molecule has 0 aromatic rings. The Labute approximate surface area is 122 Å². The van der Waals surface area contributed by atoms with E-state index in [4.69, 9.17) is 0 Å². The first-order chi connectivity index (χ1) is 6.25. The van der Waals surface area contributed by atoms with Crippen LogP contribution in [0.5, 0.6) is 0 Å². The molecule has 0 amide bonds.